The van der Waals surface area contributed by atoms with Crippen LogP contribution >= 0.6 is 11.8 Å². The monoisotopic (exact) mass is 283 g/mol. The molecule has 0 unspecified atom stereocenters. The lowest BCUT2D eigenvalue weighted by Crippen LogP contribution is -2.27. The van der Waals surface area contributed by atoms with Gasteiger partial charge in [0.25, 0.3) is 0 Å². The lowest BCUT2D eigenvalue weighted by atomic mass is 10.3. The van der Waals surface area contributed by atoms with Gasteiger partial charge in [-0.1, -0.05) is 0 Å². The predicted molar refractivity (Wildman–Crippen MR) is 77.0 cm³/mol. The number of nitro groups is 1. The number of nitrogens with one attached hydrogen (secondary N) is 1. The first kappa shape index (κ1) is 13.9. The molecule has 2 heterocycles. The highest BCUT2D eigenvalue weighted by Crippen LogP contribution is 2.32. The topological polar surface area (TPSA) is 84.2 Å². The Hall–Kier alpha value is -1.57. The fourth-order valence-corrected chi connectivity index (χ4v) is 2.91. The quantitative estimate of drug-likeness (QED) is 0.665. The van der Waals surface area contributed by atoms with Gasteiger partial charge in [0.1, 0.15) is 6.33 Å². The molecule has 19 heavy (non-hydrogen) atoms. The second kappa shape index (κ2) is 6.55. The summed E-state index contributed by atoms with van der Waals surface area (Å²) in [7, 11) is 0. The van der Waals surface area contributed by atoms with E-state index in [0.29, 0.717) is 18.2 Å². The molecule has 1 saturated heterocycles. The SMILES string of the molecule is CCNc1ncnc(N2CCCSCC2)c1[N+](=O)[O-]. The number of hydrogen-bond donors (Lipinski definition) is 1. The number of rotatable bonds is 4. The van der Waals surface area contributed by atoms with E-state index in [9.17, 15) is 10.1 Å². The largest absolute Gasteiger partial charge is 0.364 e. The lowest BCUT2D eigenvalue weighted by Gasteiger charge is -2.21. The molecule has 1 N–H and O–H groups in total. The second-order valence-electron chi connectivity index (χ2n) is 4.13. The molecule has 1 fully saturated rings. The molecule has 8 heteroatoms. The van der Waals surface area contributed by atoms with Crippen LogP contribution < -0.4 is 10.2 Å². The molecule has 0 bridgehead atoms. The molecular formula is C11H17N5O2S. The van der Waals surface area contributed by atoms with Crippen molar-refractivity contribution in [1.29, 1.82) is 0 Å². The van der Waals surface area contributed by atoms with E-state index in [1.54, 1.807) is 0 Å². The van der Waals surface area contributed by atoms with Gasteiger partial charge in [-0.15, -0.1) is 0 Å². The maximum atomic E-state index is 11.3. The summed E-state index contributed by atoms with van der Waals surface area (Å²) in [6, 6.07) is 0. The number of aromatic nitrogens is 2. The zero-order valence-corrected chi connectivity index (χ0v) is 11.7. The third-order valence-corrected chi connectivity index (χ3v) is 3.90. The van der Waals surface area contributed by atoms with Gasteiger partial charge in [-0.25, -0.2) is 9.97 Å². The van der Waals surface area contributed by atoms with E-state index >= 15 is 0 Å². The molecule has 0 aliphatic carbocycles. The minimum Gasteiger partial charge on any atom is -0.364 e. The van der Waals surface area contributed by atoms with Crippen molar-refractivity contribution in [2.24, 2.45) is 0 Å². The third kappa shape index (κ3) is 3.25. The van der Waals surface area contributed by atoms with Crippen molar-refractivity contribution in [3.05, 3.63) is 16.4 Å². The van der Waals surface area contributed by atoms with Crippen molar-refractivity contribution in [3.8, 4) is 0 Å². The smallest absolute Gasteiger partial charge is 0.353 e. The molecule has 0 radical (unpaired) electrons. The molecule has 1 aromatic rings. The van der Waals surface area contributed by atoms with Crippen LogP contribution in [-0.4, -0.2) is 46.0 Å². The maximum Gasteiger partial charge on any atom is 0.353 e. The van der Waals surface area contributed by atoms with Gasteiger partial charge in [0, 0.05) is 25.4 Å². The Bertz CT molecular complexity index is 449. The minimum absolute atomic E-state index is 0.0174. The zero-order valence-electron chi connectivity index (χ0n) is 10.8. The highest BCUT2D eigenvalue weighted by atomic mass is 32.2. The average Bonchev–Trinajstić information content (AvgIpc) is 2.67. The Morgan fingerprint density at radius 2 is 2.32 bits per heavy atom. The molecule has 0 atom stereocenters. The van der Waals surface area contributed by atoms with Crippen LogP contribution in [0, 0.1) is 10.1 Å². The molecule has 1 aliphatic rings. The molecule has 1 aliphatic heterocycles. The molecule has 0 amide bonds. The molecule has 104 valence electrons. The van der Waals surface area contributed by atoms with Crippen molar-refractivity contribution in [3.63, 3.8) is 0 Å². The van der Waals surface area contributed by atoms with E-state index < -0.39 is 4.92 Å². The summed E-state index contributed by atoms with van der Waals surface area (Å²) in [6.07, 6.45) is 2.40. The number of hydrogen-bond acceptors (Lipinski definition) is 7. The summed E-state index contributed by atoms with van der Waals surface area (Å²) in [5.41, 5.74) is -0.0174. The first-order chi connectivity index (χ1) is 9.24. The van der Waals surface area contributed by atoms with Crippen LogP contribution in [0.5, 0.6) is 0 Å². The summed E-state index contributed by atoms with van der Waals surface area (Å²) < 4.78 is 0. The average molecular weight is 283 g/mol. The van der Waals surface area contributed by atoms with Crippen LogP contribution in [0.1, 0.15) is 13.3 Å². The number of anilines is 2. The van der Waals surface area contributed by atoms with Crippen LogP contribution in [0.4, 0.5) is 17.3 Å². The third-order valence-electron chi connectivity index (χ3n) is 2.85. The summed E-state index contributed by atoms with van der Waals surface area (Å²) >= 11 is 1.87. The molecule has 2 rings (SSSR count). The Kier molecular flexibility index (Phi) is 4.78. The van der Waals surface area contributed by atoms with E-state index in [1.165, 1.54) is 6.33 Å². The van der Waals surface area contributed by atoms with Gasteiger partial charge in [-0.3, -0.25) is 10.1 Å². The van der Waals surface area contributed by atoms with Gasteiger partial charge in [0.15, 0.2) is 0 Å². The van der Waals surface area contributed by atoms with Gasteiger partial charge in [-0.05, 0) is 19.1 Å². The van der Waals surface area contributed by atoms with Gasteiger partial charge in [-0.2, -0.15) is 11.8 Å². The summed E-state index contributed by atoms with van der Waals surface area (Å²) in [6.45, 7) is 4.06. The van der Waals surface area contributed by atoms with Crippen molar-refractivity contribution >= 4 is 29.1 Å². The Balaban J connectivity index is 2.37. The molecule has 0 aromatic carbocycles. The van der Waals surface area contributed by atoms with E-state index in [-0.39, 0.29) is 5.69 Å². The number of thioether (sulfide) groups is 1. The summed E-state index contributed by atoms with van der Waals surface area (Å²) in [4.78, 5) is 21.0. The summed E-state index contributed by atoms with van der Waals surface area (Å²) in [5, 5.41) is 14.2. The molecule has 0 saturated carbocycles. The fraction of sp³-hybridized carbons (Fsp3) is 0.636. The van der Waals surface area contributed by atoms with Crippen LogP contribution in [0.3, 0.4) is 0 Å². The molecule has 0 spiro atoms. The highest BCUT2D eigenvalue weighted by Gasteiger charge is 2.27. The molecule has 7 nitrogen and oxygen atoms in total. The van der Waals surface area contributed by atoms with E-state index in [1.807, 2.05) is 23.6 Å². The van der Waals surface area contributed by atoms with Crippen LogP contribution in [0.15, 0.2) is 6.33 Å². The fourth-order valence-electron chi connectivity index (χ4n) is 2.02. The summed E-state index contributed by atoms with van der Waals surface area (Å²) in [5.74, 6) is 2.79. The number of nitrogens with zero attached hydrogens (tertiary/aromatic N) is 4. The van der Waals surface area contributed by atoms with Crippen LogP contribution in [-0.2, 0) is 0 Å². The second-order valence-corrected chi connectivity index (χ2v) is 5.36. The minimum atomic E-state index is -0.397. The normalized spacial score (nSPS) is 15.9. The van der Waals surface area contributed by atoms with Crippen molar-refractivity contribution in [2.75, 3.05) is 41.4 Å². The van der Waals surface area contributed by atoms with E-state index in [2.05, 4.69) is 15.3 Å². The van der Waals surface area contributed by atoms with Gasteiger partial charge < -0.3 is 10.2 Å². The zero-order chi connectivity index (χ0) is 13.7. The standard InChI is InChI=1S/C11H17N5O2S/c1-2-12-10-9(16(17)18)11(14-8-13-10)15-4-3-6-19-7-5-15/h8H,2-7H2,1H3,(H,12,13,14). The van der Waals surface area contributed by atoms with Crippen molar-refractivity contribution in [1.82, 2.24) is 9.97 Å². The van der Waals surface area contributed by atoms with Crippen LogP contribution in [0.25, 0.3) is 0 Å². The first-order valence-corrected chi connectivity index (χ1v) is 7.45. The highest BCUT2D eigenvalue weighted by molar-refractivity contribution is 7.99. The van der Waals surface area contributed by atoms with E-state index in [4.69, 9.17) is 0 Å². The molecular weight excluding hydrogens is 266 g/mol. The maximum absolute atomic E-state index is 11.3. The Morgan fingerprint density at radius 3 is 3.05 bits per heavy atom. The Labute approximate surface area is 116 Å². The predicted octanol–water partition coefficient (Wildman–Crippen LogP) is 1.76. The van der Waals surface area contributed by atoms with Gasteiger partial charge >= 0.3 is 5.69 Å². The van der Waals surface area contributed by atoms with Gasteiger partial charge in [0.05, 0.1) is 4.92 Å². The Morgan fingerprint density at radius 1 is 1.47 bits per heavy atom. The van der Waals surface area contributed by atoms with E-state index in [0.717, 1.165) is 31.0 Å². The molecule has 1 aromatic heterocycles. The van der Waals surface area contributed by atoms with Gasteiger partial charge in [0.2, 0.25) is 11.6 Å². The van der Waals surface area contributed by atoms with Crippen LogP contribution in [0.2, 0.25) is 0 Å². The van der Waals surface area contributed by atoms with Crippen molar-refractivity contribution < 1.29 is 4.92 Å². The first-order valence-electron chi connectivity index (χ1n) is 6.30. The lowest BCUT2D eigenvalue weighted by molar-refractivity contribution is -0.383. The van der Waals surface area contributed by atoms with Crippen molar-refractivity contribution in [2.45, 2.75) is 13.3 Å².